The maximum absolute atomic E-state index is 12.1. The molecule has 1 aromatic heterocycles. The number of nitrogens with zero attached hydrogens (tertiary/aromatic N) is 2. The van der Waals surface area contributed by atoms with E-state index in [1.54, 1.807) is 12.1 Å². The zero-order chi connectivity index (χ0) is 17.6. The molecule has 0 aliphatic rings. The van der Waals surface area contributed by atoms with E-state index in [2.05, 4.69) is 24.0 Å². The van der Waals surface area contributed by atoms with Crippen LogP contribution in [0.2, 0.25) is 0 Å². The highest BCUT2D eigenvalue weighted by Gasteiger charge is 2.12. The first-order valence-corrected chi connectivity index (χ1v) is 8.25. The van der Waals surface area contributed by atoms with Gasteiger partial charge in [-0.25, -0.2) is 4.79 Å². The van der Waals surface area contributed by atoms with Crippen LogP contribution in [0, 0.1) is 5.92 Å². The third kappa shape index (κ3) is 4.53. The first-order valence-electron chi connectivity index (χ1n) is 8.25. The van der Waals surface area contributed by atoms with Gasteiger partial charge in [0.15, 0.2) is 6.61 Å². The lowest BCUT2D eigenvalue weighted by Crippen LogP contribution is -2.05. The Labute approximate surface area is 146 Å². The molecule has 5 nitrogen and oxygen atoms in total. The third-order valence-corrected chi connectivity index (χ3v) is 3.65. The summed E-state index contributed by atoms with van der Waals surface area (Å²) >= 11 is 0. The monoisotopic (exact) mass is 336 g/mol. The Morgan fingerprint density at radius 3 is 2.44 bits per heavy atom. The topological polar surface area (TPSA) is 65.2 Å². The van der Waals surface area contributed by atoms with Crippen molar-refractivity contribution in [1.82, 2.24) is 10.2 Å². The Bertz CT molecular complexity index is 824. The maximum Gasteiger partial charge on any atom is 0.338 e. The first kappa shape index (κ1) is 16.9. The number of aromatic nitrogens is 2. The molecule has 3 aromatic rings. The molecule has 0 aliphatic heterocycles. The van der Waals surface area contributed by atoms with Gasteiger partial charge in [0, 0.05) is 5.56 Å². The quantitative estimate of drug-likeness (QED) is 0.628. The smallest absolute Gasteiger partial charge is 0.338 e. The molecule has 2 aromatic carbocycles. The Morgan fingerprint density at radius 1 is 1.04 bits per heavy atom. The Morgan fingerprint density at radius 2 is 1.76 bits per heavy atom. The lowest BCUT2D eigenvalue weighted by atomic mass is 10.0. The Kier molecular flexibility index (Phi) is 5.23. The number of ether oxygens (including phenoxy) is 1. The van der Waals surface area contributed by atoms with Gasteiger partial charge >= 0.3 is 5.97 Å². The molecule has 0 saturated heterocycles. The largest absolute Gasteiger partial charge is 0.452 e. The average Bonchev–Trinajstić information content (AvgIpc) is 3.10. The Balaban J connectivity index is 1.58. The van der Waals surface area contributed by atoms with Gasteiger partial charge in [0.25, 0.3) is 5.89 Å². The van der Waals surface area contributed by atoms with Gasteiger partial charge in [-0.2, -0.15) is 0 Å². The molecule has 0 saturated carbocycles. The van der Waals surface area contributed by atoms with Crippen LogP contribution < -0.4 is 0 Å². The number of benzene rings is 2. The number of hydrogen-bond donors (Lipinski definition) is 0. The summed E-state index contributed by atoms with van der Waals surface area (Å²) in [7, 11) is 0. The summed E-state index contributed by atoms with van der Waals surface area (Å²) in [6.07, 6.45) is 0.986. The van der Waals surface area contributed by atoms with Crippen LogP contribution >= 0.6 is 0 Å². The van der Waals surface area contributed by atoms with Crippen LogP contribution in [-0.2, 0) is 17.8 Å². The number of hydrogen-bond acceptors (Lipinski definition) is 5. The van der Waals surface area contributed by atoms with Crippen LogP contribution in [0.1, 0.15) is 35.7 Å². The maximum atomic E-state index is 12.1. The van der Waals surface area contributed by atoms with Crippen LogP contribution in [0.4, 0.5) is 0 Å². The summed E-state index contributed by atoms with van der Waals surface area (Å²) in [4.78, 5) is 12.1. The molecule has 25 heavy (non-hydrogen) atoms. The summed E-state index contributed by atoms with van der Waals surface area (Å²) in [5.74, 6) is 0.845. The average molecular weight is 336 g/mol. The molecule has 0 aliphatic carbocycles. The first-order chi connectivity index (χ1) is 12.1. The van der Waals surface area contributed by atoms with Crippen LogP contribution in [0.5, 0.6) is 0 Å². The molecule has 0 radical (unpaired) electrons. The van der Waals surface area contributed by atoms with Gasteiger partial charge in [-0.05, 0) is 42.2 Å². The molecule has 5 heteroatoms. The molecule has 1 heterocycles. The van der Waals surface area contributed by atoms with E-state index in [0.717, 1.165) is 12.0 Å². The second-order valence-electron chi connectivity index (χ2n) is 6.24. The molecule has 0 atom stereocenters. The van der Waals surface area contributed by atoms with Crippen molar-refractivity contribution in [2.75, 3.05) is 0 Å². The van der Waals surface area contributed by atoms with E-state index < -0.39 is 5.97 Å². The van der Waals surface area contributed by atoms with Crippen molar-refractivity contribution in [1.29, 1.82) is 0 Å². The van der Waals surface area contributed by atoms with E-state index in [0.29, 0.717) is 17.4 Å². The highest BCUT2D eigenvalue weighted by Crippen LogP contribution is 2.17. The van der Waals surface area contributed by atoms with Gasteiger partial charge in [0.05, 0.1) is 5.56 Å². The van der Waals surface area contributed by atoms with Gasteiger partial charge < -0.3 is 9.15 Å². The van der Waals surface area contributed by atoms with Crippen molar-refractivity contribution in [2.45, 2.75) is 26.9 Å². The molecular formula is C20H20N2O3. The van der Waals surface area contributed by atoms with E-state index in [9.17, 15) is 4.79 Å². The van der Waals surface area contributed by atoms with E-state index in [4.69, 9.17) is 9.15 Å². The lowest BCUT2D eigenvalue weighted by Gasteiger charge is -2.06. The zero-order valence-electron chi connectivity index (χ0n) is 14.3. The van der Waals surface area contributed by atoms with E-state index in [1.165, 1.54) is 5.56 Å². The molecular weight excluding hydrogens is 316 g/mol. The summed E-state index contributed by atoms with van der Waals surface area (Å²) in [5, 5.41) is 7.88. The minimum Gasteiger partial charge on any atom is -0.452 e. The fourth-order valence-electron chi connectivity index (χ4n) is 2.47. The van der Waals surface area contributed by atoms with Crippen molar-refractivity contribution in [3.63, 3.8) is 0 Å². The normalized spacial score (nSPS) is 10.8. The minimum absolute atomic E-state index is 0.0492. The molecule has 0 N–H and O–H groups in total. The van der Waals surface area contributed by atoms with Gasteiger partial charge in [0.2, 0.25) is 5.89 Å². The summed E-state index contributed by atoms with van der Waals surface area (Å²) in [6, 6.07) is 16.9. The summed E-state index contributed by atoms with van der Waals surface area (Å²) in [6.45, 7) is 4.28. The number of carbonyl (C=O) groups excluding carboxylic acids is 1. The van der Waals surface area contributed by atoms with E-state index in [1.807, 2.05) is 42.5 Å². The van der Waals surface area contributed by atoms with Crippen molar-refractivity contribution in [3.8, 4) is 11.5 Å². The van der Waals surface area contributed by atoms with Gasteiger partial charge in [-0.1, -0.05) is 44.2 Å². The fraction of sp³-hybridized carbons (Fsp3) is 0.250. The SMILES string of the molecule is CC(C)Cc1ccc(C(=O)OCc2nnc(-c3ccccc3)o2)cc1. The van der Waals surface area contributed by atoms with E-state index in [-0.39, 0.29) is 12.5 Å². The van der Waals surface area contributed by atoms with Crippen LogP contribution in [0.15, 0.2) is 59.0 Å². The molecule has 3 rings (SSSR count). The second-order valence-corrected chi connectivity index (χ2v) is 6.24. The van der Waals surface area contributed by atoms with Crippen LogP contribution in [0.25, 0.3) is 11.5 Å². The predicted octanol–water partition coefficient (Wildman–Crippen LogP) is 4.29. The predicted molar refractivity (Wildman–Crippen MR) is 93.8 cm³/mol. The van der Waals surface area contributed by atoms with Gasteiger partial charge in [-0.15, -0.1) is 10.2 Å². The zero-order valence-corrected chi connectivity index (χ0v) is 14.3. The summed E-state index contributed by atoms with van der Waals surface area (Å²) in [5.41, 5.74) is 2.54. The molecule has 0 fully saturated rings. The highest BCUT2D eigenvalue weighted by molar-refractivity contribution is 5.89. The van der Waals surface area contributed by atoms with Crippen LogP contribution in [0.3, 0.4) is 0 Å². The third-order valence-electron chi connectivity index (χ3n) is 3.65. The molecule has 128 valence electrons. The standard InChI is InChI=1S/C20H20N2O3/c1-14(2)12-15-8-10-17(11-9-15)20(23)24-13-18-21-22-19(25-18)16-6-4-3-5-7-16/h3-11,14H,12-13H2,1-2H3. The lowest BCUT2D eigenvalue weighted by molar-refractivity contribution is 0.0438. The molecule has 0 spiro atoms. The molecule has 0 bridgehead atoms. The fourth-order valence-corrected chi connectivity index (χ4v) is 2.47. The van der Waals surface area contributed by atoms with Gasteiger partial charge in [-0.3, -0.25) is 0 Å². The summed E-state index contributed by atoms with van der Waals surface area (Å²) < 4.78 is 10.8. The number of rotatable bonds is 6. The minimum atomic E-state index is -0.407. The van der Waals surface area contributed by atoms with Crippen molar-refractivity contribution in [3.05, 3.63) is 71.6 Å². The molecule has 0 unspecified atom stereocenters. The van der Waals surface area contributed by atoms with Crippen molar-refractivity contribution >= 4 is 5.97 Å². The van der Waals surface area contributed by atoms with Gasteiger partial charge in [0.1, 0.15) is 0 Å². The number of esters is 1. The second kappa shape index (κ2) is 7.75. The van der Waals surface area contributed by atoms with Crippen molar-refractivity contribution < 1.29 is 13.9 Å². The van der Waals surface area contributed by atoms with Crippen LogP contribution in [-0.4, -0.2) is 16.2 Å². The molecule has 0 amide bonds. The highest BCUT2D eigenvalue weighted by atomic mass is 16.5. The van der Waals surface area contributed by atoms with E-state index >= 15 is 0 Å². The number of carbonyl (C=O) groups is 1. The Hall–Kier alpha value is -2.95. The van der Waals surface area contributed by atoms with Crippen molar-refractivity contribution in [2.24, 2.45) is 5.92 Å².